The number of carbonyl (C=O) groups is 1. The summed E-state index contributed by atoms with van der Waals surface area (Å²) in [6.45, 7) is 4.27. The third-order valence-electron chi connectivity index (χ3n) is 3.20. The number of benzene rings is 2. The third kappa shape index (κ3) is 2.63. The lowest BCUT2D eigenvalue weighted by Crippen LogP contribution is -2.16. The highest BCUT2D eigenvalue weighted by atomic mass is 32.1. The first-order chi connectivity index (χ1) is 10.7. The summed E-state index contributed by atoms with van der Waals surface area (Å²) in [7, 11) is 0. The Morgan fingerprint density at radius 1 is 1.23 bits per heavy atom. The van der Waals surface area contributed by atoms with Crippen molar-refractivity contribution in [3.05, 3.63) is 77.4 Å². The molecule has 0 saturated heterocycles. The van der Waals surface area contributed by atoms with Gasteiger partial charge in [-0.25, -0.2) is 4.39 Å². The maximum Gasteiger partial charge on any atom is 0.282 e. The summed E-state index contributed by atoms with van der Waals surface area (Å²) in [5.74, 6) is -1.14. The van der Waals surface area contributed by atoms with Crippen LogP contribution in [0, 0.1) is 5.82 Å². The molecule has 0 aliphatic rings. The number of nitrogens with zero attached hydrogens (tertiary/aromatic N) is 2. The Morgan fingerprint density at radius 2 is 1.95 bits per heavy atom. The summed E-state index contributed by atoms with van der Waals surface area (Å²) >= 11 is 1.40. The summed E-state index contributed by atoms with van der Waals surface area (Å²) in [6, 6.07) is 13.6. The third-order valence-corrected chi connectivity index (χ3v) is 4.26. The van der Waals surface area contributed by atoms with Crippen molar-refractivity contribution in [2.24, 2.45) is 4.99 Å². The van der Waals surface area contributed by atoms with E-state index in [2.05, 4.69) is 11.6 Å². The predicted octanol–water partition coefficient (Wildman–Crippen LogP) is 3.77. The summed E-state index contributed by atoms with van der Waals surface area (Å²) < 4.78 is 16.6. The van der Waals surface area contributed by atoms with Crippen LogP contribution in [0.25, 0.3) is 10.2 Å². The van der Waals surface area contributed by atoms with Crippen molar-refractivity contribution in [3.63, 3.8) is 0 Å². The van der Waals surface area contributed by atoms with Gasteiger partial charge in [-0.3, -0.25) is 4.79 Å². The molecule has 0 radical (unpaired) electrons. The van der Waals surface area contributed by atoms with E-state index in [1.54, 1.807) is 18.2 Å². The Kier molecular flexibility index (Phi) is 3.98. The van der Waals surface area contributed by atoms with Crippen molar-refractivity contribution in [1.29, 1.82) is 0 Å². The maximum atomic E-state index is 13.7. The van der Waals surface area contributed by atoms with Crippen LogP contribution in [-0.2, 0) is 6.54 Å². The number of fused-ring (bicyclic) bond motifs is 1. The second-order valence-corrected chi connectivity index (χ2v) is 5.66. The van der Waals surface area contributed by atoms with Crippen LogP contribution in [0.5, 0.6) is 0 Å². The minimum Gasteiger partial charge on any atom is -0.312 e. The number of thiazole rings is 1. The van der Waals surface area contributed by atoms with Gasteiger partial charge in [-0.15, -0.1) is 6.58 Å². The Morgan fingerprint density at radius 3 is 2.73 bits per heavy atom. The van der Waals surface area contributed by atoms with Crippen LogP contribution in [0.1, 0.15) is 10.4 Å². The van der Waals surface area contributed by atoms with Gasteiger partial charge < -0.3 is 4.57 Å². The zero-order valence-corrected chi connectivity index (χ0v) is 12.5. The van der Waals surface area contributed by atoms with Gasteiger partial charge in [0.15, 0.2) is 4.80 Å². The lowest BCUT2D eigenvalue weighted by Gasteiger charge is -2.00. The normalized spacial score (nSPS) is 11.8. The van der Waals surface area contributed by atoms with Gasteiger partial charge in [0.05, 0.1) is 15.8 Å². The van der Waals surface area contributed by atoms with E-state index in [0.29, 0.717) is 11.3 Å². The molecule has 0 unspecified atom stereocenters. The van der Waals surface area contributed by atoms with Crippen LogP contribution < -0.4 is 4.80 Å². The van der Waals surface area contributed by atoms with Crippen LogP contribution in [-0.4, -0.2) is 10.5 Å². The number of hydrogen-bond acceptors (Lipinski definition) is 2. The van der Waals surface area contributed by atoms with Crippen molar-refractivity contribution < 1.29 is 9.18 Å². The van der Waals surface area contributed by atoms with Crippen molar-refractivity contribution >= 4 is 27.5 Å². The van der Waals surface area contributed by atoms with Crippen LogP contribution in [0.15, 0.2) is 66.2 Å². The molecule has 0 atom stereocenters. The van der Waals surface area contributed by atoms with E-state index in [1.165, 1.54) is 23.5 Å². The molecule has 110 valence electrons. The van der Waals surface area contributed by atoms with E-state index >= 15 is 0 Å². The Hall–Kier alpha value is -2.53. The molecule has 0 spiro atoms. The first kappa shape index (κ1) is 14.4. The van der Waals surface area contributed by atoms with Crippen LogP contribution in [0.2, 0.25) is 0 Å². The number of para-hydroxylation sites is 1. The Bertz CT molecular complexity index is 924. The fraction of sp³-hybridized carbons (Fsp3) is 0.0588. The minimum atomic E-state index is -0.581. The predicted molar refractivity (Wildman–Crippen MR) is 86.3 cm³/mol. The van der Waals surface area contributed by atoms with Gasteiger partial charge >= 0.3 is 0 Å². The lowest BCUT2D eigenvalue weighted by molar-refractivity contribution is 0.0994. The molecule has 1 aromatic heterocycles. The van der Waals surface area contributed by atoms with E-state index in [0.717, 1.165) is 10.2 Å². The number of aromatic nitrogens is 1. The smallest absolute Gasteiger partial charge is 0.282 e. The fourth-order valence-corrected chi connectivity index (χ4v) is 3.23. The quantitative estimate of drug-likeness (QED) is 0.678. The number of halogens is 1. The number of allylic oxidation sites excluding steroid dienone is 1. The van der Waals surface area contributed by atoms with Crippen molar-refractivity contribution in [2.45, 2.75) is 6.54 Å². The van der Waals surface area contributed by atoms with E-state index in [4.69, 9.17) is 0 Å². The van der Waals surface area contributed by atoms with E-state index in [9.17, 15) is 9.18 Å². The molecule has 3 rings (SSSR count). The highest BCUT2D eigenvalue weighted by Crippen LogP contribution is 2.17. The number of hydrogen-bond donors (Lipinski definition) is 0. The minimum absolute atomic E-state index is 0.0230. The molecule has 1 heterocycles. The largest absolute Gasteiger partial charge is 0.312 e. The second kappa shape index (κ2) is 6.07. The first-order valence-electron chi connectivity index (χ1n) is 6.73. The van der Waals surface area contributed by atoms with E-state index in [-0.39, 0.29) is 5.56 Å². The summed E-state index contributed by atoms with van der Waals surface area (Å²) in [6.07, 6.45) is 1.74. The highest BCUT2D eigenvalue weighted by Gasteiger charge is 2.11. The molecule has 1 amide bonds. The molecular formula is C17H13FN2OS. The van der Waals surface area contributed by atoms with Gasteiger partial charge in [0, 0.05) is 6.54 Å². The zero-order chi connectivity index (χ0) is 15.5. The van der Waals surface area contributed by atoms with Crippen LogP contribution >= 0.6 is 11.3 Å². The molecule has 0 N–H and O–H groups in total. The SMILES string of the molecule is C=CCn1c(=NC(=O)c2ccccc2F)sc2ccccc21. The average Bonchev–Trinajstić information content (AvgIpc) is 2.86. The summed E-state index contributed by atoms with van der Waals surface area (Å²) in [5.41, 5.74) is 0.956. The second-order valence-electron chi connectivity index (χ2n) is 4.65. The van der Waals surface area contributed by atoms with E-state index < -0.39 is 11.7 Å². The molecule has 0 aliphatic heterocycles. The van der Waals surface area contributed by atoms with Crippen molar-refractivity contribution in [2.75, 3.05) is 0 Å². The van der Waals surface area contributed by atoms with Gasteiger partial charge in [-0.2, -0.15) is 4.99 Å². The van der Waals surface area contributed by atoms with Gasteiger partial charge in [-0.1, -0.05) is 41.7 Å². The Balaban J connectivity index is 2.16. The number of carbonyl (C=O) groups excluding carboxylic acids is 1. The topological polar surface area (TPSA) is 34.4 Å². The van der Waals surface area contributed by atoms with Gasteiger partial charge in [0.1, 0.15) is 5.82 Å². The molecule has 0 fully saturated rings. The summed E-state index contributed by atoms with van der Waals surface area (Å²) in [5, 5.41) is 0. The summed E-state index contributed by atoms with van der Waals surface area (Å²) in [4.78, 5) is 16.9. The number of amides is 1. The van der Waals surface area contributed by atoms with Crippen LogP contribution in [0.4, 0.5) is 4.39 Å². The highest BCUT2D eigenvalue weighted by molar-refractivity contribution is 7.16. The standard InChI is InChI=1S/C17H13FN2OS/c1-2-11-20-14-9-5-6-10-15(14)22-17(20)19-16(21)12-7-3-4-8-13(12)18/h2-10H,1,11H2. The zero-order valence-electron chi connectivity index (χ0n) is 11.7. The van der Waals surface area contributed by atoms with Crippen molar-refractivity contribution in [3.8, 4) is 0 Å². The van der Waals surface area contributed by atoms with Gasteiger partial charge in [0.2, 0.25) is 0 Å². The molecule has 3 nitrogen and oxygen atoms in total. The molecule has 0 saturated carbocycles. The maximum absolute atomic E-state index is 13.7. The molecule has 3 aromatic rings. The molecule has 2 aromatic carbocycles. The molecule has 0 aliphatic carbocycles. The average molecular weight is 312 g/mol. The molecule has 5 heteroatoms. The lowest BCUT2D eigenvalue weighted by atomic mass is 10.2. The monoisotopic (exact) mass is 312 g/mol. The van der Waals surface area contributed by atoms with Gasteiger partial charge in [0.25, 0.3) is 5.91 Å². The van der Waals surface area contributed by atoms with Crippen LogP contribution in [0.3, 0.4) is 0 Å². The Labute approximate surface area is 130 Å². The molecular weight excluding hydrogens is 299 g/mol. The molecule has 22 heavy (non-hydrogen) atoms. The number of rotatable bonds is 3. The fourth-order valence-electron chi connectivity index (χ4n) is 2.19. The first-order valence-corrected chi connectivity index (χ1v) is 7.55. The van der Waals surface area contributed by atoms with Crippen molar-refractivity contribution in [1.82, 2.24) is 4.57 Å². The van der Waals surface area contributed by atoms with E-state index in [1.807, 2.05) is 28.8 Å². The molecule has 0 bridgehead atoms. The van der Waals surface area contributed by atoms with Gasteiger partial charge in [-0.05, 0) is 24.3 Å².